The Morgan fingerprint density at radius 3 is 2.65 bits per heavy atom. The summed E-state index contributed by atoms with van der Waals surface area (Å²) >= 11 is 0. The number of hydrogen-bond donors (Lipinski definition) is 1. The van der Waals surface area contributed by atoms with Crippen LogP contribution in [-0.2, 0) is 9.47 Å². The van der Waals surface area contributed by atoms with Crippen molar-refractivity contribution in [3.05, 3.63) is 0 Å². The first-order chi connectivity index (χ1) is 8.05. The van der Waals surface area contributed by atoms with E-state index in [2.05, 4.69) is 31.1 Å². The molecule has 4 heteroatoms. The van der Waals surface area contributed by atoms with Crippen molar-refractivity contribution in [2.24, 2.45) is 0 Å². The molecule has 4 nitrogen and oxygen atoms in total. The van der Waals surface area contributed by atoms with E-state index in [4.69, 9.17) is 9.47 Å². The van der Waals surface area contributed by atoms with E-state index in [1.54, 1.807) is 0 Å². The molecule has 0 radical (unpaired) electrons. The standard InChI is InChI=1S/C13H26N2O2/c1-13(2)5-4-11(17-13)9-15(3)10-12-8-14-6-7-16-12/h11-12,14H,4-10H2,1-3H3. The smallest absolute Gasteiger partial charge is 0.0826 e. The fourth-order valence-electron chi connectivity index (χ4n) is 2.71. The van der Waals surface area contributed by atoms with Crippen molar-refractivity contribution < 1.29 is 9.47 Å². The molecule has 1 N–H and O–H groups in total. The van der Waals surface area contributed by atoms with Crippen LogP contribution in [0.1, 0.15) is 26.7 Å². The largest absolute Gasteiger partial charge is 0.374 e. The van der Waals surface area contributed by atoms with Crippen LogP contribution in [0.5, 0.6) is 0 Å². The number of nitrogens with one attached hydrogen (secondary N) is 1. The number of nitrogens with zero attached hydrogens (tertiary/aromatic N) is 1. The summed E-state index contributed by atoms with van der Waals surface area (Å²) in [6.45, 7) is 9.17. The van der Waals surface area contributed by atoms with Gasteiger partial charge in [0.25, 0.3) is 0 Å². The van der Waals surface area contributed by atoms with Crippen LogP contribution in [0, 0.1) is 0 Å². The minimum Gasteiger partial charge on any atom is -0.374 e. The van der Waals surface area contributed by atoms with E-state index in [9.17, 15) is 0 Å². The van der Waals surface area contributed by atoms with Gasteiger partial charge in [0.05, 0.1) is 24.4 Å². The Morgan fingerprint density at radius 2 is 2.06 bits per heavy atom. The summed E-state index contributed by atoms with van der Waals surface area (Å²) in [6, 6.07) is 0. The zero-order chi connectivity index (χ0) is 12.3. The van der Waals surface area contributed by atoms with Crippen LogP contribution in [0.25, 0.3) is 0 Å². The monoisotopic (exact) mass is 242 g/mol. The normalized spacial score (nSPS) is 33.2. The second-order valence-electron chi connectivity index (χ2n) is 5.96. The van der Waals surface area contributed by atoms with E-state index in [0.29, 0.717) is 12.2 Å². The van der Waals surface area contributed by atoms with E-state index in [1.165, 1.54) is 12.8 Å². The van der Waals surface area contributed by atoms with Crippen molar-refractivity contribution in [2.45, 2.75) is 44.5 Å². The van der Waals surface area contributed by atoms with Gasteiger partial charge in [-0.25, -0.2) is 0 Å². The van der Waals surface area contributed by atoms with Crippen LogP contribution in [0.3, 0.4) is 0 Å². The fourth-order valence-corrected chi connectivity index (χ4v) is 2.71. The van der Waals surface area contributed by atoms with E-state index in [0.717, 1.165) is 32.8 Å². The highest BCUT2D eigenvalue weighted by Crippen LogP contribution is 2.29. The highest BCUT2D eigenvalue weighted by Gasteiger charge is 2.32. The Kier molecular flexibility index (Phi) is 4.42. The third kappa shape index (κ3) is 4.21. The lowest BCUT2D eigenvalue weighted by molar-refractivity contribution is -0.0369. The average molecular weight is 242 g/mol. The third-order valence-corrected chi connectivity index (χ3v) is 3.59. The summed E-state index contributed by atoms with van der Waals surface area (Å²) in [4.78, 5) is 2.34. The minimum absolute atomic E-state index is 0.0778. The van der Waals surface area contributed by atoms with Crippen LogP contribution in [0.2, 0.25) is 0 Å². The minimum atomic E-state index is 0.0778. The van der Waals surface area contributed by atoms with Crippen molar-refractivity contribution in [3.63, 3.8) is 0 Å². The van der Waals surface area contributed by atoms with Crippen LogP contribution < -0.4 is 5.32 Å². The van der Waals surface area contributed by atoms with Crippen molar-refractivity contribution >= 4 is 0 Å². The molecule has 2 heterocycles. The quantitative estimate of drug-likeness (QED) is 0.793. The molecule has 2 aliphatic heterocycles. The molecule has 2 fully saturated rings. The topological polar surface area (TPSA) is 33.7 Å². The van der Waals surface area contributed by atoms with Gasteiger partial charge < -0.3 is 19.7 Å². The fraction of sp³-hybridized carbons (Fsp3) is 1.00. The lowest BCUT2D eigenvalue weighted by Crippen LogP contribution is -2.45. The summed E-state index contributed by atoms with van der Waals surface area (Å²) in [5.74, 6) is 0. The van der Waals surface area contributed by atoms with Crippen LogP contribution in [0.4, 0.5) is 0 Å². The van der Waals surface area contributed by atoms with Gasteiger partial charge in [-0.05, 0) is 33.7 Å². The lowest BCUT2D eigenvalue weighted by atomic mass is 10.1. The molecule has 0 aromatic rings. The van der Waals surface area contributed by atoms with E-state index < -0.39 is 0 Å². The van der Waals surface area contributed by atoms with Crippen molar-refractivity contribution in [1.29, 1.82) is 0 Å². The molecule has 17 heavy (non-hydrogen) atoms. The summed E-state index contributed by atoms with van der Waals surface area (Å²) in [5.41, 5.74) is 0.0778. The maximum atomic E-state index is 6.01. The van der Waals surface area contributed by atoms with Crippen LogP contribution >= 0.6 is 0 Å². The van der Waals surface area contributed by atoms with E-state index in [1.807, 2.05) is 0 Å². The molecule has 2 saturated heterocycles. The Balaban J connectivity index is 1.68. The number of rotatable bonds is 4. The molecule has 0 amide bonds. The molecule has 0 saturated carbocycles. The van der Waals surface area contributed by atoms with Gasteiger partial charge in [-0.15, -0.1) is 0 Å². The summed E-state index contributed by atoms with van der Waals surface area (Å²) in [5, 5.41) is 3.36. The molecular weight excluding hydrogens is 216 g/mol. The van der Waals surface area contributed by atoms with E-state index in [-0.39, 0.29) is 5.60 Å². The van der Waals surface area contributed by atoms with Gasteiger partial charge in [0.1, 0.15) is 0 Å². The van der Waals surface area contributed by atoms with Gasteiger partial charge >= 0.3 is 0 Å². The van der Waals surface area contributed by atoms with Gasteiger partial charge in [-0.1, -0.05) is 0 Å². The molecule has 100 valence electrons. The Hall–Kier alpha value is -0.160. The molecule has 0 spiro atoms. The summed E-state index contributed by atoms with van der Waals surface area (Å²) < 4.78 is 11.7. The summed E-state index contributed by atoms with van der Waals surface area (Å²) in [6.07, 6.45) is 3.09. The number of morpholine rings is 1. The highest BCUT2D eigenvalue weighted by molar-refractivity contribution is 4.83. The zero-order valence-electron chi connectivity index (χ0n) is 11.4. The molecule has 2 aliphatic rings. The number of hydrogen-bond acceptors (Lipinski definition) is 4. The maximum Gasteiger partial charge on any atom is 0.0826 e. The molecule has 0 aliphatic carbocycles. The van der Waals surface area contributed by atoms with Gasteiger partial charge in [0, 0.05) is 26.2 Å². The van der Waals surface area contributed by atoms with Gasteiger partial charge in [0.15, 0.2) is 0 Å². The molecule has 0 aromatic heterocycles. The second kappa shape index (κ2) is 5.65. The number of ether oxygens (including phenoxy) is 2. The number of likely N-dealkylation sites (N-methyl/N-ethyl adjacent to an activating group) is 1. The molecule has 0 aromatic carbocycles. The first-order valence-electron chi connectivity index (χ1n) is 6.74. The van der Waals surface area contributed by atoms with Gasteiger partial charge in [-0.3, -0.25) is 0 Å². The summed E-state index contributed by atoms with van der Waals surface area (Å²) in [7, 11) is 2.16. The average Bonchev–Trinajstić information content (AvgIpc) is 2.59. The molecule has 2 unspecified atom stereocenters. The van der Waals surface area contributed by atoms with Gasteiger partial charge in [0.2, 0.25) is 0 Å². The lowest BCUT2D eigenvalue weighted by Gasteiger charge is -2.29. The van der Waals surface area contributed by atoms with Crippen molar-refractivity contribution in [2.75, 3.05) is 39.8 Å². The Bertz CT molecular complexity index is 240. The van der Waals surface area contributed by atoms with Crippen LogP contribution in [-0.4, -0.2) is 62.5 Å². The molecule has 0 bridgehead atoms. The molecular formula is C13H26N2O2. The highest BCUT2D eigenvalue weighted by atomic mass is 16.5. The Morgan fingerprint density at radius 1 is 1.29 bits per heavy atom. The van der Waals surface area contributed by atoms with Crippen molar-refractivity contribution in [3.8, 4) is 0 Å². The first kappa shape index (κ1) is 13.3. The SMILES string of the molecule is CN(CC1CNCCO1)CC1CCC(C)(C)O1. The third-order valence-electron chi connectivity index (χ3n) is 3.59. The zero-order valence-corrected chi connectivity index (χ0v) is 11.4. The first-order valence-corrected chi connectivity index (χ1v) is 6.74. The second-order valence-corrected chi connectivity index (χ2v) is 5.96. The predicted octanol–water partition coefficient (Wildman–Crippen LogP) is 0.864. The molecule has 2 atom stereocenters. The van der Waals surface area contributed by atoms with E-state index >= 15 is 0 Å². The Labute approximate surface area is 105 Å². The van der Waals surface area contributed by atoms with Gasteiger partial charge in [-0.2, -0.15) is 0 Å². The maximum absolute atomic E-state index is 6.01. The van der Waals surface area contributed by atoms with Crippen LogP contribution in [0.15, 0.2) is 0 Å². The predicted molar refractivity (Wildman–Crippen MR) is 68.3 cm³/mol. The molecule has 2 rings (SSSR count). The van der Waals surface area contributed by atoms with Crippen molar-refractivity contribution in [1.82, 2.24) is 10.2 Å².